The van der Waals surface area contributed by atoms with Gasteiger partial charge in [0.1, 0.15) is 0 Å². The Bertz CT molecular complexity index is 144. The van der Waals surface area contributed by atoms with Gasteiger partial charge < -0.3 is 10.4 Å². The Morgan fingerprint density at radius 3 is 2.38 bits per heavy atom. The molecule has 0 aliphatic heterocycles. The molecule has 3 nitrogen and oxygen atoms in total. The maximum atomic E-state index is 11.3. The lowest BCUT2D eigenvalue weighted by molar-refractivity contribution is -0.121. The van der Waals surface area contributed by atoms with Gasteiger partial charge in [-0.15, -0.1) is 0 Å². The summed E-state index contributed by atoms with van der Waals surface area (Å²) in [5.41, 5.74) is 0. The Morgan fingerprint density at radius 1 is 1.00 bits per heavy atom. The van der Waals surface area contributed by atoms with Crippen LogP contribution in [0.1, 0.15) is 64.7 Å². The Kier molecular flexibility index (Phi) is 12.1. The van der Waals surface area contributed by atoms with Crippen molar-refractivity contribution in [3.8, 4) is 0 Å². The van der Waals surface area contributed by atoms with Gasteiger partial charge in [-0.3, -0.25) is 4.79 Å². The molecule has 0 aliphatic rings. The van der Waals surface area contributed by atoms with Gasteiger partial charge in [-0.1, -0.05) is 32.6 Å². The largest absolute Gasteiger partial charge is 0.396 e. The van der Waals surface area contributed by atoms with Crippen LogP contribution in [0.25, 0.3) is 0 Å². The Morgan fingerprint density at radius 2 is 1.69 bits per heavy atom. The number of unbranched alkanes of at least 4 members (excludes halogenated alkanes) is 6. The van der Waals surface area contributed by atoms with Gasteiger partial charge in [-0.2, -0.15) is 0 Å². The normalized spacial score (nSPS) is 10.4. The van der Waals surface area contributed by atoms with Crippen molar-refractivity contribution in [2.75, 3.05) is 13.2 Å². The maximum absolute atomic E-state index is 11.3. The summed E-state index contributed by atoms with van der Waals surface area (Å²) in [5, 5.41) is 11.5. The third kappa shape index (κ3) is 11.5. The lowest BCUT2D eigenvalue weighted by atomic mass is 10.1. The topological polar surface area (TPSA) is 49.3 Å². The highest BCUT2D eigenvalue weighted by molar-refractivity contribution is 5.75. The van der Waals surface area contributed by atoms with E-state index in [1.807, 2.05) is 0 Å². The van der Waals surface area contributed by atoms with Gasteiger partial charge in [-0.25, -0.2) is 0 Å². The molecule has 0 bridgehead atoms. The second kappa shape index (κ2) is 12.5. The predicted molar refractivity (Wildman–Crippen MR) is 67.3 cm³/mol. The van der Waals surface area contributed by atoms with Crippen molar-refractivity contribution in [2.24, 2.45) is 0 Å². The summed E-state index contributed by atoms with van der Waals surface area (Å²) in [7, 11) is 0. The van der Waals surface area contributed by atoms with Crippen LogP contribution < -0.4 is 5.32 Å². The number of carbonyl (C=O) groups excluding carboxylic acids is 1. The Hall–Kier alpha value is -0.570. The van der Waals surface area contributed by atoms with Crippen molar-refractivity contribution in [3.05, 3.63) is 0 Å². The Balaban J connectivity index is 3.12. The molecule has 3 heteroatoms. The lowest BCUT2D eigenvalue weighted by Crippen LogP contribution is -2.23. The first-order valence-electron chi connectivity index (χ1n) is 6.68. The summed E-state index contributed by atoms with van der Waals surface area (Å²) >= 11 is 0. The highest BCUT2D eigenvalue weighted by atomic mass is 16.2. The number of nitrogens with one attached hydrogen (secondary N) is 1. The van der Waals surface area contributed by atoms with Crippen LogP contribution >= 0.6 is 0 Å². The van der Waals surface area contributed by atoms with Crippen molar-refractivity contribution in [1.29, 1.82) is 0 Å². The number of aliphatic hydroxyl groups is 1. The molecule has 0 fully saturated rings. The Labute approximate surface area is 99.6 Å². The standard InChI is InChI=1S/C13H27NO2/c1-2-3-4-5-7-10-13(16)14-11-8-6-9-12-15/h15H,2-12H2,1H3,(H,14,16). The van der Waals surface area contributed by atoms with E-state index in [0.717, 1.165) is 32.2 Å². The van der Waals surface area contributed by atoms with Crippen LogP contribution in [0.2, 0.25) is 0 Å². The fourth-order valence-corrected chi connectivity index (χ4v) is 1.62. The van der Waals surface area contributed by atoms with Crippen LogP contribution in [0.3, 0.4) is 0 Å². The predicted octanol–water partition coefficient (Wildman–Crippen LogP) is 2.63. The monoisotopic (exact) mass is 229 g/mol. The molecule has 0 heterocycles. The first-order chi connectivity index (χ1) is 7.81. The minimum absolute atomic E-state index is 0.181. The van der Waals surface area contributed by atoms with Crippen LogP contribution in [0.4, 0.5) is 0 Å². The minimum atomic E-state index is 0.181. The fourth-order valence-electron chi connectivity index (χ4n) is 1.62. The molecule has 0 aromatic carbocycles. The molecular formula is C13H27NO2. The van der Waals surface area contributed by atoms with Crippen LogP contribution in [-0.4, -0.2) is 24.2 Å². The van der Waals surface area contributed by atoms with Gasteiger partial charge in [0.15, 0.2) is 0 Å². The van der Waals surface area contributed by atoms with Gasteiger partial charge in [-0.05, 0) is 25.7 Å². The van der Waals surface area contributed by atoms with Crippen molar-refractivity contribution in [1.82, 2.24) is 5.32 Å². The summed E-state index contributed by atoms with van der Waals surface area (Å²) in [6.45, 7) is 3.21. The highest BCUT2D eigenvalue weighted by Gasteiger charge is 1.99. The van der Waals surface area contributed by atoms with E-state index in [1.54, 1.807) is 0 Å². The van der Waals surface area contributed by atoms with Crippen LogP contribution in [0, 0.1) is 0 Å². The first-order valence-corrected chi connectivity index (χ1v) is 6.68. The molecule has 16 heavy (non-hydrogen) atoms. The maximum Gasteiger partial charge on any atom is 0.219 e. The highest BCUT2D eigenvalue weighted by Crippen LogP contribution is 2.04. The van der Waals surface area contributed by atoms with E-state index in [4.69, 9.17) is 5.11 Å². The van der Waals surface area contributed by atoms with Gasteiger partial charge in [0, 0.05) is 19.6 Å². The fraction of sp³-hybridized carbons (Fsp3) is 0.923. The van der Waals surface area contributed by atoms with Gasteiger partial charge in [0.2, 0.25) is 5.91 Å². The van der Waals surface area contributed by atoms with Crippen molar-refractivity contribution >= 4 is 5.91 Å². The molecule has 0 atom stereocenters. The molecular weight excluding hydrogens is 202 g/mol. The second-order valence-corrected chi connectivity index (χ2v) is 4.30. The lowest BCUT2D eigenvalue weighted by Gasteiger charge is -2.04. The van der Waals surface area contributed by atoms with E-state index in [2.05, 4.69) is 12.2 Å². The van der Waals surface area contributed by atoms with Gasteiger partial charge in [0.05, 0.1) is 0 Å². The third-order valence-corrected chi connectivity index (χ3v) is 2.66. The molecule has 0 saturated heterocycles. The second-order valence-electron chi connectivity index (χ2n) is 4.30. The van der Waals surface area contributed by atoms with E-state index in [-0.39, 0.29) is 12.5 Å². The van der Waals surface area contributed by atoms with Crippen LogP contribution in [0.5, 0.6) is 0 Å². The summed E-state index contributed by atoms with van der Waals surface area (Å²) < 4.78 is 0. The van der Waals surface area contributed by atoms with Gasteiger partial charge in [0.25, 0.3) is 0 Å². The average Bonchev–Trinajstić information content (AvgIpc) is 2.28. The van der Waals surface area contributed by atoms with Crippen LogP contribution in [0.15, 0.2) is 0 Å². The van der Waals surface area contributed by atoms with Gasteiger partial charge >= 0.3 is 0 Å². The number of amides is 1. The van der Waals surface area contributed by atoms with E-state index in [9.17, 15) is 4.79 Å². The van der Waals surface area contributed by atoms with Crippen molar-refractivity contribution in [2.45, 2.75) is 64.7 Å². The number of aliphatic hydroxyl groups excluding tert-OH is 1. The third-order valence-electron chi connectivity index (χ3n) is 2.66. The molecule has 1 amide bonds. The smallest absolute Gasteiger partial charge is 0.219 e. The minimum Gasteiger partial charge on any atom is -0.396 e. The zero-order valence-corrected chi connectivity index (χ0v) is 10.6. The molecule has 0 aliphatic carbocycles. The summed E-state index contributed by atoms with van der Waals surface area (Å²) in [4.78, 5) is 11.3. The van der Waals surface area contributed by atoms with Crippen molar-refractivity contribution < 1.29 is 9.90 Å². The zero-order chi connectivity index (χ0) is 12.1. The number of hydrogen-bond acceptors (Lipinski definition) is 2. The number of hydrogen-bond donors (Lipinski definition) is 2. The molecule has 0 aromatic rings. The van der Waals surface area contributed by atoms with E-state index in [0.29, 0.717) is 6.42 Å². The molecule has 0 saturated carbocycles. The molecule has 0 spiro atoms. The quantitative estimate of drug-likeness (QED) is 0.535. The van der Waals surface area contributed by atoms with E-state index >= 15 is 0 Å². The number of carbonyl (C=O) groups is 1. The molecule has 2 N–H and O–H groups in total. The average molecular weight is 229 g/mol. The molecule has 0 unspecified atom stereocenters. The zero-order valence-electron chi connectivity index (χ0n) is 10.6. The summed E-state index contributed by atoms with van der Waals surface area (Å²) in [6.07, 6.45) is 9.44. The van der Waals surface area contributed by atoms with Crippen LogP contribution in [-0.2, 0) is 4.79 Å². The molecule has 0 aromatic heterocycles. The first kappa shape index (κ1) is 15.4. The van der Waals surface area contributed by atoms with E-state index in [1.165, 1.54) is 25.7 Å². The number of rotatable bonds is 11. The molecule has 96 valence electrons. The summed E-state index contributed by atoms with van der Waals surface area (Å²) in [5.74, 6) is 0.181. The molecule has 0 rings (SSSR count). The molecule has 0 radical (unpaired) electrons. The summed E-state index contributed by atoms with van der Waals surface area (Å²) in [6, 6.07) is 0. The SMILES string of the molecule is CCCCCCCC(=O)NCCCCCO. The van der Waals surface area contributed by atoms with Crippen molar-refractivity contribution in [3.63, 3.8) is 0 Å². The van der Waals surface area contributed by atoms with E-state index < -0.39 is 0 Å².